The first-order valence-corrected chi connectivity index (χ1v) is 13.5. The summed E-state index contributed by atoms with van der Waals surface area (Å²) < 4.78 is 26.0. The van der Waals surface area contributed by atoms with Crippen LogP contribution in [0.5, 0.6) is 11.5 Å². The number of benzene rings is 1. The summed E-state index contributed by atoms with van der Waals surface area (Å²) in [7, 11) is 0. The van der Waals surface area contributed by atoms with E-state index in [1.54, 1.807) is 17.2 Å². The minimum absolute atomic E-state index is 0.0845. The lowest BCUT2D eigenvalue weighted by molar-refractivity contribution is -0.121. The molecule has 9 heteroatoms. The molecule has 37 heavy (non-hydrogen) atoms. The number of anilines is 2. The number of amides is 1. The Hall–Kier alpha value is -2.78. The van der Waals surface area contributed by atoms with Gasteiger partial charge in [-0.2, -0.15) is 0 Å². The molecule has 3 aliphatic rings. The van der Waals surface area contributed by atoms with Gasteiger partial charge in [0.15, 0.2) is 17.3 Å². The smallest absolute Gasteiger partial charge is 0.229 e. The minimum Gasteiger partial charge on any atom is -0.450 e. The molecular formula is C28H38FN5O3. The van der Waals surface area contributed by atoms with E-state index in [0.29, 0.717) is 23.7 Å². The van der Waals surface area contributed by atoms with Gasteiger partial charge in [-0.15, -0.1) is 0 Å². The largest absolute Gasteiger partial charge is 0.450 e. The zero-order valence-corrected chi connectivity index (χ0v) is 22.2. The van der Waals surface area contributed by atoms with Gasteiger partial charge in [0.05, 0.1) is 11.9 Å². The summed E-state index contributed by atoms with van der Waals surface area (Å²) >= 11 is 0. The van der Waals surface area contributed by atoms with Crippen LogP contribution in [-0.4, -0.2) is 73.3 Å². The van der Waals surface area contributed by atoms with Crippen molar-refractivity contribution in [3.8, 4) is 11.5 Å². The third kappa shape index (κ3) is 5.57. The topological polar surface area (TPSA) is 71.0 Å². The van der Waals surface area contributed by atoms with Gasteiger partial charge >= 0.3 is 0 Å². The number of nitrogens with zero attached hydrogens (tertiary/aromatic N) is 5. The molecule has 0 aliphatic carbocycles. The van der Waals surface area contributed by atoms with Gasteiger partial charge in [0, 0.05) is 63.3 Å². The molecular weight excluding hydrogens is 473 g/mol. The Kier molecular flexibility index (Phi) is 7.62. The van der Waals surface area contributed by atoms with Crippen LogP contribution in [0.2, 0.25) is 0 Å². The van der Waals surface area contributed by atoms with Crippen LogP contribution in [0.15, 0.2) is 30.7 Å². The first-order valence-electron chi connectivity index (χ1n) is 13.5. The first kappa shape index (κ1) is 25.9. The van der Waals surface area contributed by atoms with Crippen molar-refractivity contribution in [3.63, 3.8) is 0 Å². The maximum Gasteiger partial charge on any atom is 0.229 e. The van der Waals surface area contributed by atoms with Crippen molar-refractivity contribution in [2.45, 2.75) is 40.0 Å². The van der Waals surface area contributed by atoms with Crippen molar-refractivity contribution in [1.82, 2.24) is 14.9 Å². The molecule has 4 heterocycles. The van der Waals surface area contributed by atoms with Gasteiger partial charge in [0.25, 0.3) is 0 Å². The van der Waals surface area contributed by atoms with Crippen molar-refractivity contribution in [3.05, 3.63) is 36.5 Å². The fourth-order valence-electron chi connectivity index (χ4n) is 5.93. The van der Waals surface area contributed by atoms with E-state index < -0.39 is 5.82 Å². The van der Waals surface area contributed by atoms with Crippen molar-refractivity contribution in [2.75, 3.05) is 62.3 Å². The quantitative estimate of drug-likeness (QED) is 0.522. The number of carbonyl (C=O) groups is 1. The van der Waals surface area contributed by atoms with Crippen LogP contribution in [-0.2, 0) is 9.53 Å². The average molecular weight is 512 g/mol. The summed E-state index contributed by atoms with van der Waals surface area (Å²) in [6, 6.07) is 4.27. The maximum atomic E-state index is 14.2. The van der Waals surface area contributed by atoms with E-state index in [0.717, 1.165) is 51.1 Å². The molecule has 0 atom stereocenters. The number of likely N-dealkylation sites (tertiary alicyclic amines) is 1. The van der Waals surface area contributed by atoms with Crippen LogP contribution in [0.3, 0.4) is 0 Å². The van der Waals surface area contributed by atoms with Gasteiger partial charge in [-0.1, -0.05) is 13.8 Å². The van der Waals surface area contributed by atoms with Crippen LogP contribution in [0, 0.1) is 23.1 Å². The van der Waals surface area contributed by atoms with Crippen molar-refractivity contribution < 1.29 is 18.7 Å². The van der Waals surface area contributed by atoms with Crippen molar-refractivity contribution in [1.29, 1.82) is 0 Å². The summed E-state index contributed by atoms with van der Waals surface area (Å²) in [4.78, 5) is 28.0. The molecule has 1 amide bonds. The maximum absolute atomic E-state index is 14.2. The predicted molar refractivity (Wildman–Crippen MR) is 141 cm³/mol. The van der Waals surface area contributed by atoms with Gasteiger partial charge in [-0.25, -0.2) is 14.4 Å². The molecule has 3 fully saturated rings. The highest BCUT2D eigenvalue weighted by Crippen LogP contribution is 2.45. The van der Waals surface area contributed by atoms with Gasteiger partial charge < -0.3 is 24.2 Å². The standard InChI is InChI=1S/C28H38FN5O3/c1-4-34(27(35)20(2)3)23-13-22(29)5-6-24(23)37-25-14-30-19-31-26(25)33-17-28(18-33)9-10-32(16-28)15-21-7-11-36-12-8-21/h5-6,13-14,19-21H,4,7-12,15-18H2,1-3H3. The highest BCUT2D eigenvalue weighted by Gasteiger charge is 2.48. The van der Waals surface area contributed by atoms with E-state index in [4.69, 9.17) is 9.47 Å². The molecule has 1 spiro atoms. The molecule has 0 saturated carbocycles. The molecule has 200 valence electrons. The molecule has 1 aromatic heterocycles. The molecule has 3 saturated heterocycles. The molecule has 5 rings (SSSR count). The Balaban J connectivity index is 1.29. The van der Waals surface area contributed by atoms with Crippen LogP contribution < -0.4 is 14.5 Å². The molecule has 0 unspecified atom stereocenters. The molecule has 0 bridgehead atoms. The Bertz CT molecular complexity index is 1100. The Morgan fingerprint density at radius 2 is 2.03 bits per heavy atom. The van der Waals surface area contributed by atoms with Gasteiger partial charge in [0.1, 0.15) is 12.1 Å². The molecule has 2 aromatic rings. The summed E-state index contributed by atoms with van der Waals surface area (Å²) in [6.07, 6.45) is 6.71. The highest BCUT2D eigenvalue weighted by molar-refractivity contribution is 5.96. The van der Waals surface area contributed by atoms with Crippen LogP contribution in [0.25, 0.3) is 0 Å². The average Bonchev–Trinajstić information content (AvgIpc) is 3.30. The van der Waals surface area contributed by atoms with Gasteiger partial charge in [-0.3, -0.25) is 4.79 Å². The molecule has 0 radical (unpaired) electrons. The van der Waals surface area contributed by atoms with Crippen molar-refractivity contribution >= 4 is 17.4 Å². The SMILES string of the molecule is CCN(C(=O)C(C)C)c1cc(F)ccc1Oc1cncnc1N1CC2(CCN(CC3CCOCC3)C2)C1. The fraction of sp³-hybridized carbons (Fsp3) is 0.607. The third-order valence-electron chi connectivity index (χ3n) is 7.89. The Morgan fingerprint density at radius 1 is 1.24 bits per heavy atom. The molecule has 3 aliphatic heterocycles. The highest BCUT2D eigenvalue weighted by atomic mass is 19.1. The van der Waals surface area contributed by atoms with Gasteiger partial charge in [-0.05, 0) is 50.8 Å². The third-order valence-corrected chi connectivity index (χ3v) is 7.89. The second-order valence-electron chi connectivity index (χ2n) is 11.1. The Morgan fingerprint density at radius 3 is 2.76 bits per heavy atom. The van der Waals surface area contributed by atoms with Crippen LogP contribution >= 0.6 is 0 Å². The van der Waals surface area contributed by atoms with Crippen LogP contribution in [0.4, 0.5) is 15.9 Å². The predicted octanol–water partition coefficient (Wildman–Crippen LogP) is 4.36. The van der Waals surface area contributed by atoms with E-state index in [1.807, 2.05) is 20.8 Å². The molecule has 8 nitrogen and oxygen atoms in total. The first-order chi connectivity index (χ1) is 17.9. The number of hydrogen-bond donors (Lipinski definition) is 0. The van der Waals surface area contributed by atoms with Gasteiger partial charge in [0.2, 0.25) is 5.91 Å². The minimum atomic E-state index is -0.418. The lowest BCUT2D eigenvalue weighted by Gasteiger charge is -2.49. The summed E-state index contributed by atoms with van der Waals surface area (Å²) in [5.74, 6) is 1.68. The zero-order chi connectivity index (χ0) is 26.0. The number of aromatic nitrogens is 2. The van der Waals surface area contributed by atoms with E-state index in [1.165, 1.54) is 44.3 Å². The van der Waals surface area contributed by atoms with E-state index in [9.17, 15) is 9.18 Å². The number of rotatable bonds is 8. The number of halogens is 1. The second kappa shape index (κ2) is 10.9. The van der Waals surface area contributed by atoms with Crippen molar-refractivity contribution in [2.24, 2.45) is 17.3 Å². The van der Waals surface area contributed by atoms with E-state index in [-0.39, 0.29) is 17.2 Å². The monoisotopic (exact) mass is 511 g/mol. The zero-order valence-electron chi connectivity index (χ0n) is 22.2. The lowest BCUT2D eigenvalue weighted by atomic mass is 9.79. The summed E-state index contributed by atoms with van der Waals surface area (Å²) in [5, 5.41) is 0. The molecule has 1 aromatic carbocycles. The normalized spacial score (nSPS) is 19.9. The second-order valence-corrected chi connectivity index (χ2v) is 11.1. The number of carbonyl (C=O) groups excluding carboxylic acids is 1. The Labute approximate surface area is 218 Å². The lowest BCUT2D eigenvalue weighted by Crippen LogP contribution is -2.58. The summed E-state index contributed by atoms with van der Waals surface area (Å²) in [5.41, 5.74) is 0.701. The molecule has 0 N–H and O–H groups in total. The summed E-state index contributed by atoms with van der Waals surface area (Å²) in [6.45, 7) is 13.0. The van der Waals surface area contributed by atoms with E-state index >= 15 is 0 Å². The number of ether oxygens (including phenoxy) is 2. The fourth-order valence-corrected chi connectivity index (χ4v) is 5.93. The van der Waals surface area contributed by atoms with E-state index in [2.05, 4.69) is 19.8 Å². The number of hydrogen-bond acceptors (Lipinski definition) is 7. The van der Waals surface area contributed by atoms with Crippen LogP contribution in [0.1, 0.15) is 40.0 Å².